The molecule has 0 radical (unpaired) electrons. The third kappa shape index (κ3) is 2.22. The summed E-state index contributed by atoms with van der Waals surface area (Å²) in [7, 11) is 0. The molecule has 1 fully saturated rings. The van der Waals surface area contributed by atoms with Crippen LogP contribution in [0.1, 0.15) is 13.3 Å². The van der Waals surface area contributed by atoms with Gasteiger partial charge in [-0.25, -0.2) is 0 Å². The van der Waals surface area contributed by atoms with Gasteiger partial charge in [0.15, 0.2) is 0 Å². The van der Waals surface area contributed by atoms with Gasteiger partial charge in [0.1, 0.15) is 0 Å². The molecular weight excluding hydrogens is 317 g/mol. The molecule has 0 atom stereocenters. The van der Waals surface area contributed by atoms with Gasteiger partial charge in [0.2, 0.25) is 5.91 Å². The fourth-order valence-electron chi connectivity index (χ4n) is 1.64. The van der Waals surface area contributed by atoms with E-state index < -0.39 is 0 Å². The maximum atomic E-state index is 12.0. The molecule has 1 aromatic rings. The monoisotopic (exact) mass is 331 g/mol. The smallest absolute Gasteiger partial charge is 0.235 e. The predicted octanol–water partition coefficient (Wildman–Crippen LogP) is 2.66. The zero-order valence-electron chi connectivity index (χ0n) is 9.13. The Kier molecular flexibility index (Phi) is 3.49. The van der Waals surface area contributed by atoms with Crippen LogP contribution in [-0.2, 0) is 9.53 Å². The lowest BCUT2D eigenvalue weighted by molar-refractivity contribution is -0.156. The van der Waals surface area contributed by atoms with Crippen molar-refractivity contribution in [3.63, 3.8) is 0 Å². The van der Waals surface area contributed by atoms with Crippen molar-refractivity contribution in [3.05, 3.63) is 27.8 Å². The number of amides is 1. The zero-order valence-corrected chi connectivity index (χ0v) is 11.3. The fraction of sp³-hybridized carbons (Fsp3) is 0.417. The van der Waals surface area contributed by atoms with Crippen LogP contribution in [0.5, 0.6) is 0 Å². The van der Waals surface area contributed by atoms with E-state index in [9.17, 15) is 4.79 Å². The van der Waals surface area contributed by atoms with Crippen molar-refractivity contribution < 1.29 is 9.53 Å². The molecule has 0 unspecified atom stereocenters. The van der Waals surface area contributed by atoms with Crippen LogP contribution in [0.3, 0.4) is 0 Å². The van der Waals surface area contributed by atoms with E-state index in [0.29, 0.717) is 13.2 Å². The summed E-state index contributed by atoms with van der Waals surface area (Å²) in [4.78, 5) is 12.0. The number of hydrogen-bond acceptors (Lipinski definition) is 2. The normalized spacial score (nSPS) is 17.6. The van der Waals surface area contributed by atoms with Gasteiger partial charge in [0.05, 0.1) is 18.6 Å². The molecule has 1 heterocycles. The van der Waals surface area contributed by atoms with Crippen molar-refractivity contribution >= 4 is 34.2 Å². The number of rotatable bonds is 3. The Hall–Kier alpha value is -0.620. The van der Waals surface area contributed by atoms with Crippen LogP contribution in [0.15, 0.2) is 24.3 Å². The molecule has 1 aromatic carbocycles. The lowest BCUT2D eigenvalue weighted by atomic mass is 9.82. The first-order valence-corrected chi connectivity index (χ1v) is 6.39. The number of ether oxygens (including phenoxy) is 1. The van der Waals surface area contributed by atoms with Gasteiger partial charge in [0.25, 0.3) is 0 Å². The second-order valence-corrected chi connectivity index (χ2v) is 5.33. The number of carbonyl (C=O) groups excluding carboxylic acids is 1. The van der Waals surface area contributed by atoms with Crippen molar-refractivity contribution in [1.82, 2.24) is 0 Å². The second-order valence-electron chi connectivity index (χ2n) is 4.09. The van der Waals surface area contributed by atoms with Crippen molar-refractivity contribution in [2.24, 2.45) is 5.41 Å². The summed E-state index contributed by atoms with van der Waals surface area (Å²) in [6.07, 6.45) is 0.823. The Morgan fingerprint density at radius 2 is 2.06 bits per heavy atom. The average Bonchev–Trinajstić information content (AvgIpc) is 2.21. The number of carbonyl (C=O) groups is 1. The van der Waals surface area contributed by atoms with Crippen LogP contribution < -0.4 is 5.32 Å². The molecule has 2 rings (SSSR count). The lowest BCUT2D eigenvalue weighted by Gasteiger charge is -2.38. The first-order valence-electron chi connectivity index (χ1n) is 5.31. The molecule has 1 amide bonds. The highest BCUT2D eigenvalue weighted by atomic mass is 127. The van der Waals surface area contributed by atoms with Crippen LogP contribution in [0, 0.1) is 8.99 Å². The lowest BCUT2D eigenvalue weighted by Crippen LogP contribution is -2.51. The number of nitrogens with one attached hydrogen (secondary N) is 1. The van der Waals surface area contributed by atoms with Crippen LogP contribution in [0.2, 0.25) is 0 Å². The van der Waals surface area contributed by atoms with Crippen molar-refractivity contribution in [2.75, 3.05) is 18.5 Å². The summed E-state index contributed by atoms with van der Waals surface area (Å²) < 4.78 is 6.31. The van der Waals surface area contributed by atoms with E-state index in [2.05, 4.69) is 27.9 Å². The Bertz CT molecular complexity index is 379. The van der Waals surface area contributed by atoms with E-state index in [0.717, 1.165) is 15.7 Å². The van der Waals surface area contributed by atoms with Gasteiger partial charge < -0.3 is 10.1 Å². The SMILES string of the molecule is CCC1(C(=O)Nc2ccc(I)cc2)COC1. The van der Waals surface area contributed by atoms with E-state index in [1.165, 1.54) is 0 Å². The minimum absolute atomic E-state index is 0.0717. The van der Waals surface area contributed by atoms with Gasteiger partial charge in [-0.15, -0.1) is 0 Å². The molecule has 86 valence electrons. The van der Waals surface area contributed by atoms with Gasteiger partial charge >= 0.3 is 0 Å². The Labute approximate surface area is 109 Å². The summed E-state index contributed by atoms with van der Waals surface area (Å²) in [6.45, 7) is 3.11. The Balaban J connectivity index is 2.04. The molecule has 0 saturated carbocycles. The maximum absolute atomic E-state index is 12.0. The van der Waals surface area contributed by atoms with Gasteiger partial charge in [0, 0.05) is 9.26 Å². The molecule has 16 heavy (non-hydrogen) atoms. The molecule has 1 aliphatic rings. The number of benzene rings is 1. The minimum atomic E-state index is -0.303. The van der Waals surface area contributed by atoms with Crippen LogP contribution in [0.4, 0.5) is 5.69 Å². The maximum Gasteiger partial charge on any atom is 0.235 e. The third-order valence-electron chi connectivity index (χ3n) is 3.02. The largest absolute Gasteiger partial charge is 0.379 e. The quantitative estimate of drug-likeness (QED) is 0.865. The molecule has 1 aliphatic heterocycles. The zero-order chi connectivity index (χ0) is 11.6. The Morgan fingerprint density at radius 1 is 1.44 bits per heavy atom. The van der Waals surface area contributed by atoms with Crippen molar-refractivity contribution in [1.29, 1.82) is 0 Å². The fourth-order valence-corrected chi connectivity index (χ4v) is 2.00. The van der Waals surface area contributed by atoms with Crippen molar-refractivity contribution in [3.8, 4) is 0 Å². The average molecular weight is 331 g/mol. The van der Waals surface area contributed by atoms with Crippen LogP contribution >= 0.6 is 22.6 Å². The minimum Gasteiger partial charge on any atom is -0.379 e. The molecule has 0 spiro atoms. The van der Waals surface area contributed by atoms with Gasteiger partial charge in [-0.3, -0.25) is 4.79 Å². The summed E-state index contributed by atoms with van der Waals surface area (Å²) in [5.41, 5.74) is 0.549. The first kappa shape index (κ1) is 11.9. The summed E-state index contributed by atoms with van der Waals surface area (Å²) in [5, 5.41) is 2.94. The van der Waals surface area contributed by atoms with E-state index >= 15 is 0 Å². The topological polar surface area (TPSA) is 38.3 Å². The number of anilines is 1. The number of hydrogen-bond donors (Lipinski definition) is 1. The molecule has 0 aliphatic carbocycles. The van der Waals surface area contributed by atoms with E-state index in [4.69, 9.17) is 4.74 Å². The summed E-state index contributed by atoms with van der Waals surface area (Å²) in [6, 6.07) is 7.79. The summed E-state index contributed by atoms with van der Waals surface area (Å²) in [5.74, 6) is 0.0717. The second kappa shape index (κ2) is 4.71. The Morgan fingerprint density at radius 3 is 2.50 bits per heavy atom. The molecule has 0 bridgehead atoms. The summed E-state index contributed by atoms with van der Waals surface area (Å²) >= 11 is 2.24. The highest BCUT2D eigenvalue weighted by molar-refractivity contribution is 14.1. The van der Waals surface area contributed by atoms with E-state index in [1.54, 1.807) is 0 Å². The highest BCUT2D eigenvalue weighted by Gasteiger charge is 2.44. The molecule has 3 nitrogen and oxygen atoms in total. The van der Waals surface area contributed by atoms with E-state index in [1.807, 2.05) is 31.2 Å². The molecule has 1 N–H and O–H groups in total. The molecule has 4 heteroatoms. The predicted molar refractivity (Wildman–Crippen MR) is 71.3 cm³/mol. The molecular formula is C12H14INO2. The van der Waals surface area contributed by atoms with Gasteiger partial charge in [-0.1, -0.05) is 6.92 Å². The number of halogens is 1. The van der Waals surface area contributed by atoms with Crippen molar-refractivity contribution in [2.45, 2.75) is 13.3 Å². The van der Waals surface area contributed by atoms with Gasteiger partial charge in [-0.2, -0.15) is 0 Å². The standard InChI is InChI=1S/C12H14INO2/c1-2-12(7-16-8-12)11(15)14-10-5-3-9(13)4-6-10/h3-6H,2,7-8H2,1H3,(H,14,15). The first-order chi connectivity index (χ1) is 7.66. The van der Waals surface area contributed by atoms with Gasteiger partial charge in [-0.05, 0) is 53.3 Å². The van der Waals surface area contributed by atoms with Crippen LogP contribution in [0.25, 0.3) is 0 Å². The molecule has 1 saturated heterocycles. The van der Waals surface area contributed by atoms with E-state index in [-0.39, 0.29) is 11.3 Å². The van der Waals surface area contributed by atoms with Crippen LogP contribution in [-0.4, -0.2) is 19.1 Å². The molecule has 0 aromatic heterocycles. The highest BCUT2D eigenvalue weighted by Crippen LogP contribution is 2.32. The third-order valence-corrected chi connectivity index (χ3v) is 3.74.